The maximum Gasteiger partial charge on any atom is 0.257 e. The average Bonchev–Trinajstić information content (AvgIpc) is 3.24. The Morgan fingerprint density at radius 1 is 1.21 bits per heavy atom. The van der Waals surface area contributed by atoms with Crippen molar-refractivity contribution in [2.24, 2.45) is 0 Å². The Morgan fingerprint density at radius 2 is 2.00 bits per heavy atom. The Bertz CT molecular complexity index is 880. The summed E-state index contributed by atoms with van der Waals surface area (Å²) in [6.07, 6.45) is 4.67. The van der Waals surface area contributed by atoms with Crippen molar-refractivity contribution in [2.75, 3.05) is 31.1 Å². The van der Waals surface area contributed by atoms with Crippen molar-refractivity contribution in [1.29, 1.82) is 0 Å². The van der Waals surface area contributed by atoms with Crippen molar-refractivity contribution in [3.05, 3.63) is 40.9 Å². The lowest BCUT2D eigenvalue weighted by Gasteiger charge is -2.35. The number of aromatic nitrogens is 2. The van der Waals surface area contributed by atoms with Crippen LogP contribution in [-0.2, 0) is 0 Å². The van der Waals surface area contributed by atoms with E-state index >= 15 is 0 Å². The number of amides is 1. The fourth-order valence-electron chi connectivity index (χ4n) is 3.09. The fourth-order valence-corrected chi connectivity index (χ4v) is 4.09. The standard InChI is InChI=1S/C17H18N4O2S/c1-11-12(2)24-16-14(11)15(18-10-19-16)20-4-6-21(7-5-20)17(22)13-3-8-23-9-13/h3,8-10H,4-7H2,1-2H3. The second kappa shape index (κ2) is 5.90. The minimum atomic E-state index is 0.0267. The van der Waals surface area contributed by atoms with E-state index in [2.05, 4.69) is 28.7 Å². The third kappa shape index (κ3) is 2.45. The third-order valence-corrected chi connectivity index (χ3v) is 5.70. The first kappa shape index (κ1) is 15.1. The van der Waals surface area contributed by atoms with Gasteiger partial charge in [0.25, 0.3) is 5.91 Å². The van der Waals surface area contributed by atoms with Gasteiger partial charge >= 0.3 is 0 Å². The van der Waals surface area contributed by atoms with Gasteiger partial charge in [0.15, 0.2) is 0 Å². The normalized spacial score (nSPS) is 15.2. The molecule has 0 aromatic carbocycles. The summed E-state index contributed by atoms with van der Waals surface area (Å²) in [6.45, 7) is 7.14. The van der Waals surface area contributed by atoms with Crippen LogP contribution in [0.3, 0.4) is 0 Å². The SMILES string of the molecule is Cc1sc2ncnc(N3CCN(C(=O)c4ccoc4)CC3)c2c1C. The number of aryl methyl sites for hydroxylation is 2. The number of fused-ring (bicyclic) bond motifs is 1. The smallest absolute Gasteiger partial charge is 0.257 e. The number of carbonyl (C=O) groups is 1. The van der Waals surface area contributed by atoms with E-state index < -0.39 is 0 Å². The van der Waals surface area contributed by atoms with E-state index in [1.54, 1.807) is 23.7 Å². The summed E-state index contributed by atoms with van der Waals surface area (Å²) in [5, 5.41) is 1.15. The molecule has 4 heterocycles. The van der Waals surface area contributed by atoms with E-state index in [4.69, 9.17) is 4.42 Å². The molecule has 0 spiro atoms. The van der Waals surface area contributed by atoms with Crippen LogP contribution in [-0.4, -0.2) is 47.0 Å². The maximum atomic E-state index is 12.4. The fraction of sp³-hybridized carbons (Fsp3) is 0.353. The maximum absolute atomic E-state index is 12.4. The summed E-state index contributed by atoms with van der Waals surface area (Å²) in [7, 11) is 0. The Hall–Kier alpha value is -2.41. The van der Waals surface area contributed by atoms with E-state index in [1.165, 1.54) is 23.0 Å². The highest BCUT2D eigenvalue weighted by atomic mass is 32.1. The van der Waals surface area contributed by atoms with Crippen LogP contribution in [0.15, 0.2) is 29.3 Å². The summed E-state index contributed by atoms with van der Waals surface area (Å²) in [5.41, 5.74) is 1.86. The molecule has 0 atom stereocenters. The van der Waals surface area contributed by atoms with Crippen molar-refractivity contribution in [1.82, 2.24) is 14.9 Å². The number of anilines is 1. The first-order chi connectivity index (χ1) is 11.6. The second-order valence-corrected chi connectivity index (χ2v) is 7.16. The molecule has 1 fully saturated rings. The predicted molar refractivity (Wildman–Crippen MR) is 93.7 cm³/mol. The van der Waals surface area contributed by atoms with Crippen LogP contribution in [0.2, 0.25) is 0 Å². The minimum Gasteiger partial charge on any atom is -0.472 e. The molecule has 1 aliphatic heterocycles. The van der Waals surface area contributed by atoms with Gasteiger partial charge in [-0.25, -0.2) is 9.97 Å². The molecule has 124 valence electrons. The van der Waals surface area contributed by atoms with Gasteiger partial charge < -0.3 is 14.2 Å². The van der Waals surface area contributed by atoms with Crippen molar-refractivity contribution in [3.8, 4) is 0 Å². The summed E-state index contributed by atoms with van der Waals surface area (Å²) in [5.74, 6) is 1.01. The van der Waals surface area contributed by atoms with Gasteiger partial charge in [0, 0.05) is 31.1 Å². The number of hydrogen-bond donors (Lipinski definition) is 0. The van der Waals surface area contributed by atoms with Crippen LogP contribution in [0.4, 0.5) is 5.82 Å². The molecule has 0 saturated carbocycles. The minimum absolute atomic E-state index is 0.0267. The lowest BCUT2D eigenvalue weighted by atomic mass is 10.2. The number of carbonyl (C=O) groups excluding carboxylic acids is 1. The largest absolute Gasteiger partial charge is 0.472 e. The summed E-state index contributed by atoms with van der Waals surface area (Å²) in [6, 6.07) is 1.71. The van der Waals surface area contributed by atoms with Crippen molar-refractivity contribution >= 4 is 33.3 Å². The van der Waals surface area contributed by atoms with Crippen LogP contribution in [0.25, 0.3) is 10.2 Å². The molecule has 6 nitrogen and oxygen atoms in total. The number of hydrogen-bond acceptors (Lipinski definition) is 6. The van der Waals surface area contributed by atoms with Crippen LogP contribution >= 0.6 is 11.3 Å². The molecule has 24 heavy (non-hydrogen) atoms. The zero-order valence-electron chi connectivity index (χ0n) is 13.7. The monoisotopic (exact) mass is 342 g/mol. The number of furan rings is 1. The molecule has 3 aromatic heterocycles. The Morgan fingerprint density at radius 3 is 2.71 bits per heavy atom. The quantitative estimate of drug-likeness (QED) is 0.717. The number of nitrogens with zero attached hydrogens (tertiary/aromatic N) is 4. The van der Waals surface area contributed by atoms with Gasteiger partial charge in [-0.15, -0.1) is 11.3 Å². The van der Waals surface area contributed by atoms with Gasteiger partial charge in [0.2, 0.25) is 0 Å². The molecular weight excluding hydrogens is 324 g/mol. The second-order valence-electron chi connectivity index (χ2n) is 5.95. The van der Waals surface area contributed by atoms with Crippen molar-refractivity contribution in [3.63, 3.8) is 0 Å². The molecule has 0 radical (unpaired) electrons. The summed E-state index contributed by atoms with van der Waals surface area (Å²) >= 11 is 1.71. The molecule has 7 heteroatoms. The van der Waals surface area contributed by atoms with Crippen LogP contribution in [0, 0.1) is 13.8 Å². The molecule has 0 unspecified atom stereocenters. The van der Waals surface area contributed by atoms with Gasteiger partial charge in [-0.1, -0.05) is 0 Å². The first-order valence-corrected chi connectivity index (χ1v) is 8.74. The van der Waals surface area contributed by atoms with Gasteiger partial charge in [-0.05, 0) is 25.5 Å². The Kier molecular flexibility index (Phi) is 3.72. The van der Waals surface area contributed by atoms with Gasteiger partial charge in [-0.3, -0.25) is 4.79 Å². The molecular formula is C17H18N4O2S. The summed E-state index contributed by atoms with van der Waals surface area (Å²) < 4.78 is 5.01. The van der Waals surface area contributed by atoms with Crippen molar-refractivity contribution < 1.29 is 9.21 Å². The number of thiophene rings is 1. The topological polar surface area (TPSA) is 62.5 Å². The zero-order valence-corrected chi connectivity index (χ0v) is 14.5. The van der Waals surface area contributed by atoms with Crippen LogP contribution in [0.1, 0.15) is 20.8 Å². The van der Waals surface area contributed by atoms with Gasteiger partial charge in [0.05, 0.1) is 17.2 Å². The molecule has 1 saturated heterocycles. The summed E-state index contributed by atoms with van der Waals surface area (Å²) in [4.78, 5) is 27.8. The molecule has 3 aromatic rings. The van der Waals surface area contributed by atoms with E-state index in [-0.39, 0.29) is 5.91 Å². The highest BCUT2D eigenvalue weighted by Gasteiger charge is 2.25. The van der Waals surface area contributed by atoms with Gasteiger partial charge in [0.1, 0.15) is 23.2 Å². The molecule has 0 bridgehead atoms. The molecule has 4 rings (SSSR count). The zero-order chi connectivity index (χ0) is 16.7. The molecule has 1 aliphatic rings. The number of rotatable bonds is 2. The Balaban J connectivity index is 1.55. The molecule has 1 amide bonds. The molecule has 0 N–H and O–H groups in total. The molecule has 0 aliphatic carbocycles. The van der Waals surface area contributed by atoms with Gasteiger partial charge in [-0.2, -0.15) is 0 Å². The van der Waals surface area contributed by atoms with Crippen molar-refractivity contribution in [2.45, 2.75) is 13.8 Å². The first-order valence-electron chi connectivity index (χ1n) is 7.92. The number of piperazine rings is 1. The van der Waals surface area contributed by atoms with E-state index in [0.29, 0.717) is 18.7 Å². The van der Waals surface area contributed by atoms with Crippen LogP contribution in [0.5, 0.6) is 0 Å². The highest BCUT2D eigenvalue weighted by molar-refractivity contribution is 7.18. The predicted octanol–water partition coefficient (Wildman–Crippen LogP) is 2.86. The Labute approximate surface area is 143 Å². The average molecular weight is 342 g/mol. The highest BCUT2D eigenvalue weighted by Crippen LogP contribution is 2.34. The van der Waals surface area contributed by atoms with E-state index in [1.807, 2.05) is 4.90 Å². The van der Waals surface area contributed by atoms with Crippen LogP contribution < -0.4 is 4.90 Å². The lowest BCUT2D eigenvalue weighted by Crippen LogP contribution is -2.49. The lowest BCUT2D eigenvalue weighted by molar-refractivity contribution is 0.0746. The van der Waals surface area contributed by atoms with E-state index in [9.17, 15) is 4.79 Å². The van der Waals surface area contributed by atoms with E-state index in [0.717, 1.165) is 29.1 Å². The third-order valence-electron chi connectivity index (χ3n) is 4.58.